The van der Waals surface area contributed by atoms with Crippen LogP contribution in [-0.4, -0.2) is 47.2 Å². The van der Waals surface area contributed by atoms with Crippen molar-refractivity contribution in [2.75, 3.05) is 25.4 Å². The first-order chi connectivity index (χ1) is 15.2. The van der Waals surface area contributed by atoms with Gasteiger partial charge in [-0.15, -0.1) is 12.4 Å². The molecule has 2 aliphatic heterocycles. The van der Waals surface area contributed by atoms with Crippen LogP contribution in [0.2, 0.25) is 0 Å². The van der Waals surface area contributed by atoms with E-state index in [1.54, 1.807) is 0 Å². The van der Waals surface area contributed by atoms with Gasteiger partial charge < -0.3 is 9.72 Å². The maximum Gasteiger partial charge on any atom is 0.252 e. The SMILES string of the molecule is Cl.O=C(CN1CCC(Oc2ccc3[nH]c(=O)c4c(c3c2)CCSC4)CC1)c1ccccc1. The van der Waals surface area contributed by atoms with Crippen molar-refractivity contribution in [2.24, 2.45) is 0 Å². The summed E-state index contributed by atoms with van der Waals surface area (Å²) in [4.78, 5) is 30.0. The molecule has 2 aromatic carbocycles. The van der Waals surface area contributed by atoms with Crippen LogP contribution in [0.3, 0.4) is 0 Å². The third kappa shape index (κ3) is 4.87. The number of pyridine rings is 1. The van der Waals surface area contributed by atoms with Crippen LogP contribution in [-0.2, 0) is 12.2 Å². The van der Waals surface area contributed by atoms with Crippen molar-refractivity contribution in [2.45, 2.75) is 31.1 Å². The number of aromatic nitrogens is 1. The molecule has 0 aliphatic carbocycles. The molecule has 1 saturated heterocycles. The summed E-state index contributed by atoms with van der Waals surface area (Å²) in [6.45, 7) is 2.18. The normalized spacial score (nSPS) is 16.9. The summed E-state index contributed by atoms with van der Waals surface area (Å²) in [7, 11) is 0. The minimum absolute atomic E-state index is 0. The number of ketones is 1. The third-order valence-electron chi connectivity index (χ3n) is 6.25. The van der Waals surface area contributed by atoms with E-state index in [9.17, 15) is 9.59 Å². The number of nitrogens with zero attached hydrogens (tertiary/aromatic N) is 1. The fourth-order valence-corrected chi connectivity index (χ4v) is 5.54. The number of carbonyl (C=O) groups is 1. The molecule has 0 bridgehead atoms. The quantitative estimate of drug-likeness (QED) is 0.557. The lowest BCUT2D eigenvalue weighted by molar-refractivity contribution is 0.0791. The highest BCUT2D eigenvalue weighted by Crippen LogP contribution is 2.30. The molecule has 0 saturated carbocycles. The predicted molar refractivity (Wildman–Crippen MR) is 133 cm³/mol. The Morgan fingerprint density at radius 1 is 1.09 bits per heavy atom. The van der Waals surface area contributed by atoms with E-state index in [1.165, 1.54) is 5.56 Å². The van der Waals surface area contributed by atoms with Gasteiger partial charge in [0, 0.05) is 40.9 Å². The zero-order valence-corrected chi connectivity index (χ0v) is 19.5. The Kier molecular flexibility index (Phi) is 7.23. The van der Waals surface area contributed by atoms with Crippen LogP contribution >= 0.6 is 24.2 Å². The summed E-state index contributed by atoms with van der Waals surface area (Å²) in [6.07, 6.45) is 2.88. The van der Waals surface area contributed by atoms with E-state index < -0.39 is 0 Å². The maximum atomic E-state index is 12.5. The van der Waals surface area contributed by atoms with Crippen molar-refractivity contribution in [3.05, 3.63) is 75.6 Å². The number of fused-ring (bicyclic) bond motifs is 3. The number of nitrogens with one attached hydrogen (secondary N) is 1. The number of aromatic amines is 1. The van der Waals surface area contributed by atoms with Crippen LogP contribution in [0.4, 0.5) is 0 Å². The fraction of sp³-hybridized carbons (Fsp3) is 0.360. The Bertz CT molecular complexity index is 1160. The van der Waals surface area contributed by atoms with E-state index in [4.69, 9.17) is 4.74 Å². The summed E-state index contributed by atoms with van der Waals surface area (Å²) in [5, 5.41) is 1.11. The van der Waals surface area contributed by atoms with E-state index in [0.717, 1.165) is 71.6 Å². The van der Waals surface area contributed by atoms with Gasteiger partial charge in [0.1, 0.15) is 11.9 Å². The van der Waals surface area contributed by atoms with Crippen LogP contribution in [0.25, 0.3) is 10.9 Å². The predicted octanol–water partition coefficient (Wildman–Crippen LogP) is 4.47. The van der Waals surface area contributed by atoms with Gasteiger partial charge in [-0.1, -0.05) is 30.3 Å². The number of rotatable bonds is 5. The molecule has 3 aromatic rings. The zero-order valence-electron chi connectivity index (χ0n) is 17.8. The van der Waals surface area contributed by atoms with E-state index in [2.05, 4.69) is 16.0 Å². The van der Waals surface area contributed by atoms with E-state index in [-0.39, 0.29) is 29.9 Å². The topological polar surface area (TPSA) is 62.4 Å². The molecule has 2 aliphatic rings. The lowest BCUT2D eigenvalue weighted by Gasteiger charge is -2.31. The lowest BCUT2D eigenvalue weighted by atomic mass is 10.0. The Morgan fingerprint density at radius 2 is 1.88 bits per heavy atom. The molecular formula is C25H27ClN2O3S. The average Bonchev–Trinajstić information content (AvgIpc) is 2.81. The smallest absolute Gasteiger partial charge is 0.252 e. The lowest BCUT2D eigenvalue weighted by Crippen LogP contribution is -2.40. The van der Waals surface area contributed by atoms with Gasteiger partial charge in [0.25, 0.3) is 5.56 Å². The van der Waals surface area contributed by atoms with Gasteiger partial charge in [0.05, 0.1) is 6.54 Å². The minimum atomic E-state index is 0. The van der Waals surface area contributed by atoms with Crippen molar-refractivity contribution in [1.82, 2.24) is 9.88 Å². The molecule has 0 amide bonds. The van der Waals surface area contributed by atoms with Gasteiger partial charge in [-0.25, -0.2) is 0 Å². The first kappa shape index (κ1) is 22.9. The van der Waals surface area contributed by atoms with Gasteiger partial charge in [0.2, 0.25) is 0 Å². The molecule has 32 heavy (non-hydrogen) atoms. The van der Waals surface area contributed by atoms with Crippen molar-refractivity contribution < 1.29 is 9.53 Å². The second-order valence-electron chi connectivity index (χ2n) is 8.30. The molecule has 7 heteroatoms. The minimum Gasteiger partial charge on any atom is -0.490 e. The van der Waals surface area contributed by atoms with Gasteiger partial charge >= 0.3 is 0 Å². The molecule has 0 spiro atoms. The number of carbonyl (C=O) groups excluding carboxylic acids is 1. The van der Waals surface area contributed by atoms with Crippen molar-refractivity contribution in [1.29, 1.82) is 0 Å². The number of benzene rings is 2. The fourth-order valence-electron chi connectivity index (χ4n) is 4.54. The maximum absolute atomic E-state index is 12.5. The molecule has 0 unspecified atom stereocenters. The average molecular weight is 471 g/mol. The van der Waals surface area contributed by atoms with Crippen LogP contribution in [0.1, 0.15) is 34.3 Å². The Hall–Kier alpha value is -2.28. The molecule has 1 N–H and O–H groups in total. The van der Waals surface area contributed by atoms with Crippen molar-refractivity contribution >= 4 is 40.9 Å². The number of thioether (sulfide) groups is 1. The Balaban J connectivity index is 0.00000245. The first-order valence-corrected chi connectivity index (χ1v) is 12.1. The van der Waals surface area contributed by atoms with E-state index >= 15 is 0 Å². The van der Waals surface area contributed by atoms with Crippen molar-refractivity contribution in [3.63, 3.8) is 0 Å². The largest absolute Gasteiger partial charge is 0.490 e. The Morgan fingerprint density at radius 3 is 2.66 bits per heavy atom. The van der Waals surface area contributed by atoms with Crippen molar-refractivity contribution in [3.8, 4) is 5.75 Å². The number of piperidine rings is 1. The highest BCUT2D eigenvalue weighted by atomic mass is 35.5. The third-order valence-corrected chi connectivity index (χ3v) is 7.23. The number of H-pyrrole nitrogens is 1. The molecule has 1 aromatic heterocycles. The second-order valence-corrected chi connectivity index (χ2v) is 9.41. The summed E-state index contributed by atoms with van der Waals surface area (Å²) in [5.41, 5.74) is 3.80. The van der Waals surface area contributed by atoms with Crippen LogP contribution in [0.15, 0.2) is 53.3 Å². The number of likely N-dealkylation sites (tertiary alicyclic amines) is 1. The van der Waals surface area contributed by atoms with E-state index in [1.807, 2.05) is 54.2 Å². The summed E-state index contributed by atoms with van der Waals surface area (Å²) >= 11 is 1.82. The number of Topliss-reactive ketones (excluding diaryl/α,β-unsaturated/α-hetero) is 1. The molecule has 5 rings (SSSR count). The summed E-state index contributed by atoms with van der Waals surface area (Å²) in [6, 6.07) is 15.5. The van der Waals surface area contributed by atoms with E-state index in [0.29, 0.717) is 6.54 Å². The molecule has 0 atom stereocenters. The standard InChI is InChI=1S/C25H26N2O3S.ClH/c28-24(17-4-2-1-3-5-17)15-27-11-8-18(9-12-27)30-19-6-7-23-21(14-19)20-10-13-31-16-22(20)25(29)26-23;/h1-7,14,18H,8-13,15-16H2,(H,26,29);1H. The molecular weight excluding hydrogens is 444 g/mol. The number of hydrogen-bond donors (Lipinski definition) is 1. The number of halogens is 1. The molecule has 1 fully saturated rings. The summed E-state index contributed by atoms with van der Waals surface area (Å²) in [5.74, 6) is 2.87. The molecule has 3 heterocycles. The monoisotopic (exact) mass is 470 g/mol. The molecule has 0 radical (unpaired) electrons. The van der Waals surface area contributed by atoms with Crippen LogP contribution < -0.4 is 10.3 Å². The van der Waals surface area contributed by atoms with Gasteiger partial charge in [-0.2, -0.15) is 11.8 Å². The van der Waals surface area contributed by atoms with Crippen LogP contribution in [0.5, 0.6) is 5.75 Å². The van der Waals surface area contributed by atoms with Gasteiger partial charge in [-0.3, -0.25) is 14.5 Å². The van der Waals surface area contributed by atoms with Gasteiger partial charge in [0.15, 0.2) is 5.78 Å². The number of ether oxygens (including phenoxy) is 1. The Labute approximate surface area is 198 Å². The van der Waals surface area contributed by atoms with Crippen LogP contribution in [0, 0.1) is 0 Å². The summed E-state index contributed by atoms with van der Waals surface area (Å²) < 4.78 is 6.31. The highest BCUT2D eigenvalue weighted by Gasteiger charge is 2.23. The number of hydrogen-bond acceptors (Lipinski definition) is 5. The highest BCUT2D eigenvalue weighted by molar-refractivity contribution is 7.98. The first-order valence-electron chi connectivity index (χ1n) is 10.9. The molecule has 5 nitrogen and oxygen atoms in total. The van der Waals surface area contributed by atoms with Gasteiger partial charge in [-0.05, 0) is 48.8 Å². The molecule has 168 valence electrons. The second kappa shape index (κ2) is 10.1. The number of aryl methyl sites for hydroxylation is 1. The zero-order chi connectivity index (χ0) is 21.2.